The Morgan fingerprint density at radius 3 is 2.50 bits per heavy atom. The summed E-state index contributed by atoms with van der Waals surface area (Å²) in [6, 6.07) is 5.14. The topological polar surface area (TPSA) is 55.7 Å². The van der Waals surface area contributed by atoms with Gasteiger partial charge >= 0.3 is 0 Å². The minimum Gasteiger partial charge on any atom is -0.508 e. The molecule has 0 aliphatic carbocycles. The van der Waals surface area contributed by atoms with E-state index in [-0.39, 0.29) is 11.5 Å². The molecule has 0 radical (unpaired) electrons. The van der Waals surface area contributed by atoms with Crippen molar-refractivity contribution in [3.63, 3.8) is 0 Å². The van der Waals surface area contributed by atoms with Crippen molar-refractivity contribution in [1.82, 2.24) is 10.2 Å². The molecule has 0 amide bonds. The van der Waals surface area contributed by atoms with Crippen LogP contribution in [0.15, 0.2) is 18.2 Å². The Morgan fingerprint density at radius 2 is 1.90 bits per heavy atom. The van der Waals surface area contributed by atoms with Crippen molar-refractivity contribution in [2.75, 3.05) is 19.6 Å². The zero-order valence-electron chi connectivity index (χ0n) is 12.9. The first kappa shape index (κ1) is 16.8. The number of hydrogen-bond acceptors (Lipinski definition) is 4. The normalized spacial score (nSPS) is 12.8. The number of nitrogens with one attached hydrogen (secondary N) is 1. The van der Waals surface area contributed by atoms with Crippen LogP contribution in [0.5, 0.6) is 11.5 Å². The Labute approximate surface area is 122 Å². The molecule has 1 aromatic carbocycles. The van der Waals surface area contributed by atoms with Gasteiger partial charge in [-0.1, -0.05) is 19.9 Å². The third-order valence-corrected chi connectivity index (χ3v) is 3.72. The quantitative estimate of drug-likeness (QED) is 0.651. The van der Waals surface area contributed by atoms with Crippen molar-refractivity contribution in [2.24, 2.45) is 0 Å². The summed E-state index contributed by atoms with van der Waals surface area (Å²) in [4.78, 5) is 2.43. The fourth-order valence-electron chi connectivity index (χ4n) is 2.25. The van der Waals surface area contributed by atoms with Crippen molar-refractivity contribution in [3.8, 4) is 11.5 Å². The van der Waals surface area contributed by atoms with Crippen molar-refractivity contribution < 1.29 is 10.2 Å². The zero-order valence-corrected chi connectivity index (χ0v) is 12.9. The fraction of sp³-hybridized carbons (Fsp3) is 0.625. The first-order valence-electron chi connectivity index (χ1n) is 7.53. The molecule has 0 fully saturated rings. The number of aromatic hydroxyl groups is 2. The second-order valence-corrected chi connectivity index (χ2v) is 5.26. The molecule has 114 valence electrons. The molecule has 4 nitrogen and oxygen atoms in total. The van der Waals surface area contributed by atoms with E-state index in [1.165, 1.54) is 12.5 Å². The summed E-state index contributed by atoms with van der Waals surface area (Å²) in [7, 11) is 0. The van der Waals surface area contributed by atoms with Crippen molar-refractivity contribution >= 4 is 0 Å². The third kappa shape index (κ3) is 5.80. The first-order chi connectivity index (χ1) is 9.56. The molecular formula is C16H28N2O2. The van der Waals surface area contributed by atoms with Gasteiger partial charge in [0, 0.05) is 24.2 Å². The molecule has 0 bridgehead atoms. The summed E-state index contributed by atoms with van der Waals surface area (Å²) in [6.45, 7) is 10.5. The highest BCUT2D eigenvalue weighted by atomic mass is 16.3. The zero-order chi connectivity index (χ0) is 15.0. The lowest BCUT2D eigenvalue weighted by atomic mass is 10.1. The van der Waals surface area contributed by atoms with Crippen molar-refractivity contribution in [1.29, 1.82) is 0 Å². The number of benzene rings is 1. The lowest BCUT2D eigenvalue weighted by Gasteiger charge is -2.20. The predicted octanol–water partition coefficient (Wildman–Crippen LogP) is 2.70. The molecule has 0 aliphatic rings. The summed E-state index contributed by atoms with van der Waals surface area (Å²) >= 11 is 0. The second kappa shape index (κ2) is 8.82. The lowest BCUT2D eigenvalue weighted by molar-refractivity contribution is 0.290. The number of rotatable bonds is 9. The number of phenols is 2. The molecule has 1 rings (SSSR count). The van der Waals surface area contributed by atoms with Crippen molar-refractivity contribution in [2.45, 2.75) is 46.2 Å². The maximum absolute atomic E-state index is 9.71. The average Bonchev–Trinajstić information content (AvgIpc) is 2.42. The standard InChI is InChI=1S/C16H28N2O2/c1-4-18(5-2)10-6-7-13(3)17-12-14-8-9-15(19)11-16(14)20/h8-9,11,13,17,19-20H,4-7,10,12H2,1-3H3. The van der Waals surface area contributed by atoms with Gasteiger partial charge in [-0.05, 0) is 45.5 Å². The molecule has 1 unspecified atom stereocenters. The Balaban J connectivity index is 2.27. The van der Waals surface area contributed by atoms with E-state index in [1.54, 1.807) is 12.1 Å². The predicted molar refractivity (Wildman–Crippen MR) is 83.1 cm³/mol. The van der Waals surface area contributed by atoms with Gasteiger partial charge in [-0.15, -0.1) is 0 Å². The summed E-state index contributed by atoms with van der Waals surface area (Å²) in [5.41, 5.74) is 0.818. The maximum atomic E-state index is 9.71. The SMILES string of the molecule is CCN(CC)CCCC(C)NCc1ccc(O)cc1O. The van der Waals surface area contributed by atoms with E-state index >= 15 is 0 Å². The molecule has 0 saturated heterocycles. The first-order valence-corrected chi connectivity index (χ1v) is 7.53. The van der Waals surface area contributed by atoms with Crippen LogP contribution in [0.4, 0.5) is 0 Å². The third-order valence-electron chi connectivity index (χ3n) is 3.72. The van der Waals surface area contributed by atoms with Crippen LogP contribution in [0.2, 0.25) is 0 Å². The van der Waals surface area contributed by atoms with Gasteiger partial charge in [0.25, 0.3) is 0 Å². The van der Waals surface area contributed by atoms with Gasteiger partial charge in [0.2, 0.25) is 0 Å². The molecule has 4 heteroatoms. The average molecular weight is 280 g/mol. The highest BCUT2D eigenvalue weighted by Crippen LogP contribution is 2.22. The monoisotopic (exact) mass is 280 g/mol. The van der Waals surface area contributed by atoms with Gasteiger partial charge in [-0.3, -0.25) is 0 Å². The highest BCUT2D eigenvalue weighted by Gasteiger charge is 2.06. The molecule has 3 N–H and O–H groups in total. The van der Waals surface area contributed by atoms with Crippen LogP contribution >= 0.6 is 0 Å². The van der Waals surface area contributed by atoms with E-state index in [9.17, 15) is 10.2 Å². The van der Waals surface area contributed by atoms with Gasteiger partial charge in [0.05, 0.1) is 0 Å². The molecule has 0 saturated carbocycles. The number of nitrogens with zero attached hydrogens (tertiary/aromatic N) is 1. The highest BCUT2D eigenvalue weighted by molar-refractivity contribution is 5.38. The van der Waals surface area contributed by atoms with Crippen LogP contribution in [-0.2, 0) is 6.54 Å². The molecule has 1 atom stereocenters. The summed E-state index contributed by atoms with van der Waals surface area (Å²) < 4.78 is 0. The smallest absolute Gasteiger partial charge is 0.123 e. The van der Waals surface area contributed by atoms with Gasteiger partial charge in [-0.2, -0.15) is 0 Å². The minimum atomic E-state index is 0.0959. The molecular weight excluding hydrogens is 252 g/mol. The van der Waals surface area contributed by atoms with E-state index in [4.69, 9.17) is 0 Å². The lowest BCUT2D eigenvalue weighted by Crippen LogP contribution is -2.28. The molecule has 0 aromatic heterocycles. The van der Waals surface area contributed by atoms with Crippen LogP contribution in [0.1, 0.15) is 39.2 Å². The fourth-order valence-corrected chi connectivity index (χ4v) is 2.25. The number of phenolic OH excluding ortho intramolecular Hbond substituents is 2. The van der Waals surface area contributed by atoms with Gasteiger partial charge in [0.15, 0.2) is 0 Å². The Kier molecular flexibility index (Phi) is 7.41. The van der Waals surface area contributed by atoms with Crippen molar-refractivity contribution in [3.05, 3.63) is 23.8 Å². The van der Waals surface area contributed by atoms with Gasteiger partial charge < -0.3 is 20.4 Å². The van der Waals surface area contributed by atoms with Crippen LogP contribution in [-0.4, -0.2) is 40.8 Å². The second-order valence-electron chi connectivity index (χ2n) is 5.26. The van der Waals surface area contributed by atoms with E-state index in [0.29, 0.717) is 12.6 Å². The molecule has 1 aromatic rings. The molecule has 0 aliphatic heterocycles. The van der Waals surface area contributed by atoms with Crippen LogP contribution in [0.3, 0.4) is 0 Å². The summed E-state index contributed by atoms with van der Waals surface area (Å²) in [5, 5.41) is 22.4. The van der Waals surface area contributed by atoms with E-state index < -0.39 is 0 Å². The minimum absolute atomic E-state index is 0.0959. The molecule has 20 heavy (non-hydrogen) atoms. The largest absolute Gasteiger partial charge is 0.508 e. The van der Waals surface area contributed by atoms with E-state index in [0.717, 1.165) is 31.6 Å². The van der Waals surface area contributed by atoms with Gasteiger partial charge in [0.1, 0.15) is 11.5 Å². The van der Waals surface area contributed by atoms with Crippen LogP contribution < -0.4 is 5.32 Å². The maximum Gasteiger partial charge on any atom is 0.123 e. The summed E-state index contributed by atoms with van der Waals surface area (Å²) in [6.07, 6.45) is 2.30. The Bertz CT molecular complexity index is 392. The Hall–Kier alpha value is -1.26. The van der Waals surface area contributed by atoms with Gasteiger partial charge in [-0.25, -0.2) is 0 Å². The number of hydrogen-bond donors (Lipinski definition) is 3. The Morgan fingerprint density at radius 1 is 1.20 bits per heavy atom. The molecule has 0 spiro atoms. The van der Waals surface area contributed by atoms with Crippen LogP contribution in [0, 0.1) is 0 Å². The summed E-state index contributed by atoms with van der Waals surface area (Å²) in [5.74, 6) is 0.242. The molecule has 0 heterocycles. The van der Waals surface area contributed by atoms with E-state index in [1.807, 2.05) is 0 Å². The van der Waals surface area contributed by atoms with E-state index in [2.05, 4.69) is 31.0 Å². The van der Waals surface area contributed by atoms with Crippen LogP contribution in [0.25, 0.3) is 0 Å².